The number of nitrogens with zero attached hydrogens (tertiary/aromatic N) is 2. The van der Waals surface area contributed by atoms with Crippen molar-refractivity contribution >= 4 is 99.5 Å². The number of rotatable bonds is 66. The summed E-state index contributed by atoms with van der Waals surface area (Å²) in [4.78, 5) is 230. The molecule has 16 atom stereocenters. The van der Waals surface area contributed by atoms with Crippen LogP contribution >= 0.6 is 0 Å². The van der Waals surface area contributed by atoms with Gasteiger partial charge in [-0.05, 0) is 222 Å². The molecule has 0 unspecified atom stereocenters. The molecule has 2 aromatic heterocycles. The SMILES string of the molecule is CC[C@H](C)[C@H](NC(=O)[C@H](CCCCN)NC(=O)[C@H](CCCCN)NC(=O)[C@H](Cc1ccccc1)NC(=O)[C@H](CC(C)C)NC(=O)[C@H](CCCCN)NC(=O)[C@H](Cc1c[nH]c2ccccc12)NC(=O)[C@@H](N)CCCCN)C(=O)N1CCC[C@H]1C(=O)N[C@@H](Cc1c[nH]cn1)C(=O)N[C@@H](CC(C)C)C(=O)N[C@@H](C)C(=O)N[C@@H](CCCCN)C(=O)N[C@@H](CCCCN)C(=O)N[C@@H](Cc1ccccc1)C(N)=O. The molecule has 31 N–H and O–H groups in total. The minimum atomic E-state index is -1.43. The number of likely N-dealkylation sites (tertiary alicyclic amines) is 1. The normalized spacial score (nSPS) is 15.8. The molecule has 5 aromatic rings. The molecule has 15 amide bonds. The van der Waals surface area contributed by atoms with E-state index in [-0.39, 0.29) is 122 Å². The van der Waals surface area contributed by atoms with Crippen LogP contribution in [0.15, 0.2) is 104 Å². The average molecular weight is 1910 g/mol. The number of fused-ring (bicyclic) bond motifs is 1. The number of para-hydroxylation sites is 1. The van der Waals surface area contributed by atoms with Crippen LogP contribution in [0.25, 0.3) is 10.9 Å². The van der Waals surface area contributed by atoms with Crippen molar-refractivity contribution in [1.82, 2.24) is 89.0 Å². The lowest BCUT2D eigenvalue weighted by molar-refractivity contribution is -0.143. The second kappa shape index (κ2) is 61.4. The van der Waals surface area contributed by atoms with Crippen molar-refractivity contribution in [2.45, 2.75) is 312 Å². The zero-order valence-corrected chi connectivity index (χ0v) is 80.9. The molecule has 1 saturated heterocycles. The molecule has 1 aliphatic rings. The number of H-pyrrole nitrogens is 2. The Morgan fingerprint density at radius 1 is 0.394 bits per heavy atom. The molecule has 1 aliphatic heterocycles. The van der Waals surface area contributed by atoms with E-state index in [1.807, 2.05) is 58.9 Å². The van der Waals surface area contributed by atoms with Crippen LogP contribution in [0.2, 0.25) is 0 Å². The van der Waals surface area contributed by atoms with Crippen molar-refractivity contribution < 1.29 is 71.9 Å². The molecule has 6 rings (SSSR count). The molecular weight excluding hydrogens is 1760 g/mol. The van der Waals surface area contributed by atoms with E-state index >= 15 is 24.0 Å². The van der Waals surface area contributed by atoms with Gasteiger partial charge in [0.2, 0.25) is 88.6 Å². The van der Waals surface area contributed by atoms with Crippen molar-refractivity contribution in [3.8, 4) is 0 Å². The molecule has 40 heteroatoms. The summed E-state index contributed by atoms with van der Waals surface area (Å²) in [5.74, 6) is -12.2. The minimum absolute atomic E-state index is 0.00538. The van der Waals surface area contributed by atoms with E-state index in [9.17, 15) is 47.9 Å². The minimum Gasteiger partial charge on any atom is -0.368 e. The van der Waals surface area contributed by atoms with Gasteiger partial charge in [-0.15, -0.1) is 0 Å². The number of aromatic nitrogens is 3. The fourth-order valence-electron chi connectivity index (χ4n) is 16.4. The van der Waals surface area contributed by atoms with Crippen LogP contribution in [0.4, 0.5) is 0 Å². The highest BCUT2D eigenvalue weighted by Gasteiger charge is 2.43. The number of carbonyl (C=O) groups excluding carboxylic acids is 15. The van der Waals surface area contributed by atoms with Crippen molar-refractivity contribution in [2.24, 2.45) is 63.6 Å². The highest BCUT2D eigenvalue weighted by Crippen LogP contribution is 2.25. The number of carbonyl (C=O) groups is 15. The number of nitrogens with one attached hydrogen (secondary N) is 15. The van der Waals surface area contributed by atoms with Gasteiger partial charge in [-0.2, -0.15) is 0 Å². The van der Waals surface area contributed by atoms with Gasteiger partial charge in [0, 0.05) is 55.5 Å². The third-order valence-corrected chi connectivity index (χ3v) is 24.4. The number of benzene rings is 3. The maximum absolute atomic E-state index is 15.3. The van der Waals surface area contributed by atoms with Crippen LogP contribution in [-0.4, -0.2) is 245 Å². The second-order valence-corrected chi connectivity index (χ2v) is 36.6. The number of nitrogens with two attached hydrogens (primary N) is 8. The second-order valence-electron chi connectivity index (χ2n) is 36.6. The van der Waals surface area contributed by atoms with E-state index in [1.165, 1.54) is 24.3 Å². The summed E-state index contributed by atoms with van der Waals surface area (Å²) in [6.45, 7) is 14.0. The van der Waals surface area contributed by atoms with Crippen molar-refractivity contribution in [3.05, 3.63) is 126 Å². The van der Waals surface area contributed by atoms with E-state index in [0.717, 1.165) is 16.5 Å². The van der Waals surface area contributed by atoms with Crippen LogP contribution in [0.1, 0.15) is 219 Å². The lowest BCUT2D eigenvalue weighted by atomic mass is 9.96. The largest absolute Gasteiger partial charge is 0.368 e. The molecule has 0 saturated carbocycles. The Bertz CT molecular complexity index is 4600. The van der Waals surface area contributed by atoms with Crippen LogP contribution in [0.3, 0.4) is 0 Å². The summed E-state index contributed by atoms with van der Waals surface area (Å²) in [5.41, 5.74) is 50.6. The van der Waals surface area contributed by atoms with Gasteiger partial charge in [-0.3, -0.25) is 71.9 Å². The van der Waals surface area contributed by atoms with E-state index < -0.39 is 185 Å². The summed E-state index contributed by atoms with van der Waals surface area (Å²) in [7, 11) is 0. The Hall–Kier alpha value is -11.8. The maximum atomic E-state index is 15.3. The Morgan fingerprint density at radius 3 is 1.19 bits per heavy atom. The zero-order valence-electron chi connectivity index (χ0n) is 80.9. The molecular formula is C97H155N25O15. The highest BCUT2D eigenvalue weighted by atomic mass is 16.2. The number of primary amides is 1. The summed E-state index contributed by atoms with van der Waals surface area (Å²) >= 11 is 0. The van der Waals surface area contributed by atoms with Crippen molar-refractivity contribution in [1.29, 1.82) is 0 Å². The van der Waals surface area contributed by atoms with Gasteiger partial charge in [0.25, 0.3) is 0 Å². The number of imidazole rings is 1. The first-order chi connectivity index (χ1) is 65.7. The van der Waals surface area contributed by atoms with Gasteiger partial charge in [-0.25, -0.2) is 4.98 Å². The fraction of sp³-hybridized carbons (Fsp3) is 0.608. The number of aromatic amines is 2. The van der Waals surface area contributed by atoms with E-state index in [0.29, 0.717) is 126 Å². The Morgan fingerprint density at radius 2 is 0.759 bits per heavy atom. The number of hydrogen-bond acceptors (Lipinski definition) is 23. The Balaban J connectivity index is 1.19. The van der Waals surface area contributed by atoms with Gasteiger partial charge >= 0.3 is 0 Å². The van der Waals surface area contributed by atoms with Gasteiger partial charge < -0.3 is 130 Å². The maximum Gasteiger partial charge on any atom is 0.246 e. The molecule has 1 fully saturated rings. The van der Waals surface area contributed by atoms with Gasteiger partial charge in [-0.1, -0.05) is 133 Å². The molecule has 137 heavy (non-hydrogen) atoms. The number of amides is 15. The van der Waals surface area contributed by atoms with Gasteiger partial charge in [0.1, 0.15) is 84.6 Å². The summed E-state index contributed by atoms with van der Waals surface area (Å²) < 4.78 is 0. The predicted molar refractivity (Wildman–Crippen MR) is 523 cm³/mol. The van der Waals surface area contributed by atoms with E-state index in [2.05, 4.69) is 84.1 Å². The Labute approximate surface area is 804 Å². The number of unbranched alkanes of at least 4 members (excludes halogenated alkanes) is 6. The molecule has 0 bridgehead atoms. The van der Waals surface area contributed by atoms with E-state index in [1.54, 1.807) is 73.8 Å². The zero-order chi connectivity index (χ0) is 100. The third kappa shape index (κ3) is 39.3. The van der Waals surface area contributed by atoms with Crippen molar-refractivity contribution in [3.63, 3.8) is 0 Å². The lowest BCUT2D eigenvalue weighted by Gasteiger charge is -2.33. The Kier molecular flexibility index (Phi) is 51.0. The first-order valence-corrected chi connectivity index (χ1v) is 48.8. The number of hydrogen-bond donors (Lipinski definition) is 23. The van der Waals surface area contributed by atoms with Crippen molar-refractivity contribution in [2.75, 3.05) is 45.8 Å². The topological polar surface area (TPSA) is 668 Å². The predicted octanol–water partition coefficient (Wildman–Crippen LogP) is 0.200. The first kappa shape index (κ1) is 114. The van der Waals surface area contributed by atoms with Crippen LogP contribution < -0.4 is 115 Å². The quantitative estimate of drug-likeness (QED) is 0.0231. The van der Waals surface area contributed by atoms with Crippen LogP contribution in [-0.2, 0) is 97.6 Å². The lowest BCUT2D eigenvalue weighted by Crippen LogP contribution is -2.61. The molecule has 40 nitrogen and oxygen atoms in total. The molecule has 0 spiro atoms. The molecule has 3 heterocycles. The highest BCUT2D eigenvalue weighted by molar-refractivity contribution is 6.01. The summed E-state index contributed by atoms with van der Waals surface area (Å²) in [6, 6.07) is 6.19. The molecule has 0 radical (unpaired) electrons. The standard InChI is InChI=1S/C97H155N25O15/c1-8-61(6)82(97(137)122-49-29-42-81(122)96(136)120-80(55-66-57-106-58-108-66)95(135)118-76(50-59(2)3)91(131)109-62(7)84(124)110-70(37-18-24-44-99)86(126)111-72(39-20-26-46-101)88(128)115-75(83(105)123)52-63-30-11-9-12-31-63)121-90(130)74(41-22-28-48-103)112-87(127)71(38-19-25-45-100)113-93(133)78(53-64-32-13-10-14-33-64)119-92(132)77(51-60(4)5)117-89(129)73(40-21-27-47-102)114-94(134)79(116-85(125)68(104)35-17-23-43-98)54-65-56-107-69-36-16-15-34-67(65)69/h9-16,30-34,36,56-62,68,70-82,107H,8,17-29,35,37-55,98-104H2,1-7H3,(H2,105,123)(H,106,108)(H,109,131)(H,110,124)(H,111,126)(H,112,127)(H,113,133)(H,114,134)(H,115,128)(H,116,125)(H,117,129)(H,118,135)(H,119,132)(H,120,136)(H,121,130)/t61-,62-,68-,70-,71-,72-,73-,74-,75-,76-,77-,78-,79-,80-,81-,82-/m0/s1. The smallest absolute Gasteiger partial charge is 0.246 e. The van der Waals surface area contributed by atoms with Crippen LogP contribution in [0.5, 0.6) is 0 Å². The summed E-state index contributed by atoms with van der Waals surface area (Å²) in [6.07, 6.45) is 11.2. The van der Waals surface area contributed by atoms with Crippen LogP contribution in [0, 0.1) is 17.8 Å². The molecule has 3 aromatic carbocycles. The fourth-order valence-corrected chi connectivity index (χ4v) is 16.4. The van der Waals surface area contributed by atoms with Gasteiger partial charge in [0.05, 0.1) is 18.1 Å². The average Bonchev–Trinajstić information content (AvgIpc) is 1.67. The third-order valence-electron chi connectivity index (χ3n) is 24.4. The molecule has 758 valence electrons. The first-order valence-electron chi connectivity index (χ1n) is 48.8. The summed E-state index contributed by atoms with van der Waals surface area (Å²) in [5, 5.41) is 37.4. The van der Waals surface area contributed by atoms with Gasteiger partial charge in [0.15, 0.2) is 0 Å². The molecule has 0 aliphatic carbocycles. The van der Waals surface area contributed by atoms with E-state index in [4.69, 9.17) is 45.9 Å². The monoisotopic (exact) mass is 1910 g/mol.